The number of aromatic amines is 1. The van der Waals surface area contributed by atoms with Crippen molar-refractivity contribution in [3.05, 3.63) is 52.4 Å². The van der Waals surface area contributed by atoms with E-state index in [0.29, 0.717) is 39.1 Å². The van der Waals surface area contributed by atoms with E-state index in [1.54, 1.807) is 12.1 Å². The smallest absolute Gasteiger partial charge is 0.134 e. The van der Waals surface area contributed by atoms with Crippen molar-refractivity contribution in [2.24, 2.45) is 4.99 Å². The van der Waals surface area contributed by atoms with Gasteiger partial charge < -0.3 is 25.4 Å². The van der Waals surface area contributed by atoms with Gasteiger partial charge in [-0.1, -0.05) is 24.8 Å². The minimum absolute atomic E-state index is 0.269. The SMILES string of the molecule is C=Cc1c(C#N)[nH]c(C=NCO)c1-c1ccc(CO)c(CO)c1CO. The zero-order valence-corrected chi connectivity index (χ0v) is 13.5. The van der Waals surface area contributed by atoms with Crippen molar-refractivity contribution >= 4 is 12.3 Å². The number of nitrogens with zero attached hydrogens (tertiary/aromatic N) is 2. The summed E-state index contributed by atoms with van der Waals surface area (Å²) in [6, 6.07) is 5.39. The quantitative estimate of drug-likeness (QED) is 0.480. The summed E-state index contributed by atoms with van der Waals surface area (Å²) in [7, 11) is 0. The second-order valence-electron chi connectivity index (χ2n) is 5.18. The number of H-pyrrole nitrogens is 1. The Bertz CT molecular complexity index is 847. The molecule has 0 radical (unpaired) electrons. The van der Waals surface area contributed by atoms with Crippen LogP contribution in [0.5, 0.6) is 0 Å². The average molecular weight is 341 g/mol. The number of aliphatic imine (C=N–C) groups is 1. The molecule has 2 aromatic rings. The van der Waals surface area contributed by atoms with E-state index in [2.05, 4.69) is 16.6 Å². The molecular weight excluding hydrogens is 322 g/mol. The molecule has 7 heteroatoms. The van der Waals surface area contributed by atoms with Crippen molar-refractivity contribution in [3.63, 3.8) is 0 Å². The van der Waals surface area contributed by atoms with Crippen molar-refractivity contribution in [1.29, 1.82) is 5.26 Å². The number of rotatable bonds is 7. The normalized spacial score (nSPS) is 11.0. The highest BCUT2D eigenvalue weighted by Crippen LogP contribution is 2.35. The fourth-order valence-electron chi connectivity index (χ4n) is 2.85. The van der Waals surface area contributed by atoms with Crippen molar-refractivity contribution in [1.82, 2.24) is 4.98 Å². The van der Waals surface area contributed by atoms with Gasteiger partial charge in [0, 0.05) is 17.3 Å². The highest BCUT2D eigenvalue weighted by molar-refractivity contribution is 5.95. The molecule has 7 nitrogen and oxygen atoms in total. The summed E-state index contributed by atoms with van der Waals surface area (Å²) in [6.07, 6.45) is 2.91. The Hall–Kier alpha value is -2.76. The number of aliphatic hydroxyl groups is 4. The van der Waals surface area contributed by atoms with Crippen molar-refractivity contribution in [2.45, 2.75) is 19.8 Å². The second kappa shape index (κ2) is 8.37. The van der Waals surface area contributed by atoms with Crippen LogP contribution in [0.2, 0.25) is 0 Å². The van der Waals surface area contributed by atoms with Gasteiger partial charge in [0.25, 0.3) is 0 Å². The molecule has 0 saturated carbocycles. The van der Waals surface area contributed by atoms with E-state index in [9.17, 15) is 20.6 Å². The Morgan fingerprint density at radius 2 is 1.84 bits per heavy atom. The zero-order chi connectivity index (χ0) is 18.4. The maximum atomic E-state index is 9.84. The molecule has 0 aliphatic carbocycles. The summed E-state index contributed by atoms with van der Waals surface area (Å²) in [5, 5.41) is 47.2. The number of hydrogen-bond acceptors (Lipinski definition) is 6. The van der Waals surface area contributed by atoms with Crippen molar-refractivity contribution in [3.8, 4) is 17.2 Å². The Kier molecular flexibility index (Phi) is 6.22. The molecular formula is C18H19N3O4. The van der Waals surface area contributed by atoms with Crippen LogP contribution in [0.4, 0.5) is 0 Å². The van der Waals surface area contributed by atoms with E-state index in [1.165, 1.54) is 12.3 Å². The predicted molar refractivity (Wildman–Crippen MR) is 93.5 cm³/mol. The van der Waals surface area contributed by atoms with E-state index in [0.717, 1.165) is 0 Å². The number of nitrogens with one attached hydrogen (secondary N) is 1. The standard InChI is InChI=1S/C18H19N3O4/c1-2-12-16(5-19)21-17(6-20-10-25)18(12)13-4-3-11(7-22)14(8-23)15(13)9-24/h2-4,6,21-25H,1,7-10H2. The fraction of sp³-hybridized carbons (Fsp3) is 0.222. The van der Waals surface area contributed by atoms with E-state index in [4.69, 9.17) is 5.11 Å². The zero-order valence-electron chi connectivity index (χ0n) is 13.5. The number of hydrogen-bond donors (Lipinski definition) is 5. The lowest BCUT2D eigenvalue weighted by molar-refractivity contribution is 0.248. The first-order valence-electron chi connectivity index (χ1n) is 7.52. The number of nitriles is 1. The summed E-state index contributed by atoms with van der Waals surface area (Å²) < 4.78 is 0. The molecule has 0 fully saturated rings. The molecule has 1 aromatic heterocycles. The van der Waals surface area contributed by atoms with Crippen LogP contribution in [-0.2, 0) is 19.8 Å². The Labute approximate surface area is 144 Å². The van der Waals surface area contributed by atoms with Gasteiger partial charge in [-0.05, 0) is 22.3 Å². The monoisotopic (exact) mass is 341 g/mol. The van der Waals surface area contributed by atoms with Crippen LogP contribution in [0.3, 0.4) is 0 Å². The van der Waals surface area contributed by atoms with Crippen LogP contribution in [0.15, 0.2) is 23.7 Å². The predicted octanol–water partition coefficient (Wildman–Crippen LogP) is 1.04. The van der Waals surface area contributed by atoms with E-state index >= 15 is 0 Å². The van der Waals surface area contributed by atoms with Crippen molar-refractivity contribution in [2.75, 3.05) is 6.73 Å². The lowest BCUT2D eigenvalue weighted by atomic mass is 9.90. The molecule has 0 amide bonds. The molecule has 2 rings (SSSR count). The number of benzene rings is 1. The average Bonchev–Trinajstić information content (AvgIpc) is 3.01. The summed E-state index contributed by atoms with van der Waals surface area (Å²) in [4.78, 5) is 6.70. The molecule has 0 unspecified atom stereocenters. The molecule has 0 bridgehead atoms. The molecule has 130 valence electrons. The third-order valence-electron chi connectivity index (χ3n) is 3.97. The fourth-order valence-corrected chi connectivity index (χ4v) is 2.85. The summed E-state index contributed by atoms with van der Waals surface area (Å²) in [5.74, 6) is 0. The van der Waals surface area contributed by atoms with Crippen LogP contribution in [0.1, 0.15) is 33.6 Å². The first-order chi connectivity index (χ1) is 12.2. The maximum Gasteiger partial charge on any atom is 0.134 e. The third kappa shape index (κ3) is 3.38. The molecule has 1 heterocycles. The van der Waals surface area contributed by atoms with Crippen LogP contribution in [-0.4, -0.2) is 38.4 Å². The molecule has 0 aliphatic heterocycles. The van der Waals surface area contributed by atoms with E-state index in [1.807, 2.05) is 6.07 Å². The second-order valence-corrected chi connectivity index (χ2v) is 5.18. The lowest BCUT2D eigenvalue weighted by Gasteiger charge is -2.16. The van der Waals surface area contributed by atoms with Gasteiger partial charge >= 0.3 is 0 Å². The van der Waals surface area contributed by atoms with Gasteiger partial charge in [0.1, 0.15) is 18.5 Å². The molecule has 0 saturated heterocycles. The van der Waals surface area contributed by atoms with Crippen LogP contribution < -0.4 is 0 Å². The van der Waals surface area contributed by atoms with E-state index in [-0.39, 0.29) is 25.5 Å². The highest BCUT2D eigenvalue weighted by Gasteiger charge is 2.21. The molecule has 0 aliphatic rings. The molecule has 25 heavy (non-hydrogen) atoms. The Morgan fingerprint density at radius 3 is 2.36 bits per heavy atom. The van der Waals surface area contributed by atoms with Gasteiger partial charge in [0.2, 0.25) is 0 Å². The van der Waals surface area contributed by atoms with Gasteiger partial charge in [0.15, 0.2) is 0 Å². The van der Waals surface area contributed by atoms with Crippen LogP contribution in [0, 0.1) is 11.3 Å². The van der Waals surface area contributed by atoms with Crippen molar-refractivity contribution < 1.29 is 20.4 Å². The number of aliphatic hydroxyl groups excluding tert-OH is 4. The van der Waals surface area contributed by atoms with Gasteiger partial charge in [0.05, 0.1) is 25.5 Å². The first-order valence-corrected chi connectivity index (χ1v) is 7.52. The van der Waals surface area contributed by atoms with E-state index < -0.39 is 6.73 Å². The van der Waals surface area contributed by atoms with Gasteiger partial charge in [-0.2, -0.15) is 5.26 Å². The highest BCUT2D eigenvalue weighted by atomic mass is 16.3. The summed E-state index contributed by atoms with van der Waals surface area (Å²) >= 11 is 0. The minimum Gasteiger partial charge on any atom is -0.392 e. The number of aromatic nitrogens is 1. The maximum absolute atomic E-state index is 9.84. The largest absolute Gasteiger partial charge is 0.392 e. The molecule has 0 atom stereocenters. The molecule has 0 spiro atoms. The topological polar surface area (TPSA) is 133 Å². The first kappa shape index (κ1) is 18.6. The Balaban J connectivity index is 2.86. The van der Waals surface area contributed by atoms with Crippen LogP contribution >= 0.6 is 0 Å². The lowest BCUT2D eigenvalue weighted by Crippen LogP contribution is -2.04. The molecule has 1 aromatic carbocycles. The Morgan fingerprint density at radius 1 is 1.12 bits per heavy atom. The van der Waals surface area contributed by atoms with Gasteiger partial charge in [-0.25, -0.2) is 0 Å². The summed E-state index contributed by atoms with van der Waals surface area (Å²) in [5.41, 5.74) is 3.81. The minimum atomic E-state index is -0.415. The van der Waals surface area contributed by atoms with Gasteiger partial charge in [-0.15, -0.1) is 0 Å². The van der Waals surface area contributed by atoms with Crippen LogP contribution in [0.25, 0.3) is 17.2 Å². The summed E-state index contributed by atoms with van der Waals surface area (Å²) in [6.45, 7) is 2.34. The van der Waals surface area contributed by atoms with Gasteiger partial charge in [-0.3, -0.25) is 4.99 Å². The molecule has 5 N–H and O–H groups in total. The third-order valence-corrected chi connectivity index (χ3v) is 3.97.